The van der Waals surface area contributed by atoms with Crippen molar-refractivity contribution in [3.63, 3.8) is 0 Å². The fourth-order valence-electron chi connectivity index (χ4n) is 2.12. The van der Waals surface area contributed by atoms with Crippen molar-refractivity contribution in [3.8, 4) is 5.75 Å². The molecule has 1 aliphatic heterocycles. The van der Waals surface area contributed by atoms with E-state index < -0.39 is 6.10 Å². The summed E-state index contributed by atoms with van der Waals surface area (Å²) < 4.78 is 11.2. The van der Waals surface area contributed by atoms with Crippen molar-refractivity contribution < 1.29 is 14.3 Å². The van der Waals surface area contributed by atoms with E-state index in [1.54, 1.807) is 0 Å². The van der Waals surface area contributed by atoms with E-state index in [9.17, 15) is 4.79 Å². The SMILES string of the molecule is CC[C@H](Oc1ccccc1)C(=O)NC[C@H]1CCCO1. The highest BCUT2D eigenvalue weighted by Crippen LogP contribution is 2.13. The van der Waals surface area contributed by atoms with Crippen molar-refractivity contribution in [1.29, 1.82) is 0 Å². The summed E-state index contributed by atoms with van der Waals surface area (Å²) >= 11 is 0. The molecule has 1 aliphatic rings. The van der Waals surface area contributed by atoms with Crippen LogP contribution in [0, 0.1) is 0 Å². The number of nitrogens with one attached hydrogen (secondary N) is 1. The Labute approximate surface area is 114 Å². The highest BCUT2D eigenvalue weighted by Gasteiger charge is 2.21. The van der Waals surface area contributed by atoms with Crippen LogP contribution in [0.15, 0.2) is 30.3 Å². The Morgan fingerprint density at radius 1 is 1.47 bits per heavy atom. The van der Waals surface area contributed by atoms with Crippen LogP contribution in [-0.2, 0) is 9.53 Å². The maximum Gasteiger partial charge on any atom is 0.261 e. The van der Waals surface area contributed by atoms with Gasteiger partial charge in [0.15, 0.2) is 6.10 Å². The van der Waals surface area contributed by atoms with Crippen LogP contribution in [0.25, 0.3) is 0 Å². The van der Waals surface area contributed by atoms with Gasteiger partial charge in [0.2, 0.25) is 0 Å². The number of amides is 1. The highest BCUT2D eigenvalue weighted by atomic mass is 16.5. The smallest absolute Gasteiger partial charge is 0.261 e. The van der Waals surface area contributed by atoms with Gasteiger partial charge in [-0.2, -0.15) is 0 Å². The lowest BCUT2D eigenvalue weighted by molar-refractivity contribution is -0.128. The van der Waals surface area contributed by atoms with E-state index >= 15 is 0 Å². The lowest BCUT2D eigenvalue weighted by Gasteiger charge is -2.18. The Hall–Kier alpha value is -1.55. The van der Waals surface area contributed by atoms with Gasteiger partial charge in [-0.1, -0.05) is 25.1 Å². The van der Waals surface area contributed by atoms with Crippen LogP contribution in [0.4, 0.5) is 0 Å². The van der Waals surface area contributed by atoms with Crippen molar-refractivity contribution in [3.05, 3.63) is 30.3 Å². The number of ether oxygens (including phenoxy) is 2. The number of benzene rings is 1. The second-order valence-corrected chi connectivity index (χ2v) is 4.71. The third kappa shape index (κ3) is 4.24. The van der Waals surface area contributed by atoms with E-state index in [0.717, 1.165) is 25.2 Å². The average Bonchev–Trinajstić information content (AvgIpc) is 2.96. The van der Waals surface area contributed by atoms with E-state index in [1.807, 2.05) is 37.3 Å². The summed E-state index contributed by atoms with van der Waals surface area (Å²) in [6, 6.07) is 9.43. The molecule has 0 aliphatic carbocycles. The molecule has 104 valence electrons. The summed E-state index contributed by atoms with van der Waals surface area (Å²) in [5.74, 6) is 0.656. The molecule has 0 aromatic heterocycles. The third-order valence-electron chi connectivity index (χ3n) is 3.21. The van der Waals surface area contributed by atoms with Gasteiger partial charge < -0.3 is 14.8 Å². The average molecular weight is 263 g/mol. The topological polar surface area (TPSA) is 47.6 Å². The molecule has 0 unspecified atom stereocenters. The van der Waals surface area contributed by atoms with Crippen LogP contribution in [0.2, 0.25) is 0 Å². The second kappa shape index (κ2) is 7.14. The zero-order valence-corrected chi connectivity index (χ0v) is 11.3. The van der Waals surface area contributed by atoms with Crippen LogP contribution in [0.5, 0.6) is 5.75 Å². The van der Waals surface area contributed by atoms with E-state index in [2.05, 4.69) is 5.32 Å². The summed E-state index contributed by atoms with van der Waals surface area (Å²) in [7, 11) is 0. The molecule has 2 atom stereocenters. The Morgan fingerprint density at radius 2 is 2.26 bits per heavy atom. The number of hydrogen-bond donors (Lipinski definition) is 1. The maximum absolute atomic E-state index is 12.0. The molecule has 19 heavy (non-hydrogen) atoms. The largest absolute Gasteiger partial charge is 0.481 e. The van der Waals surface area contributed by atoms with Crippen molar-refractivity contribution in [2.24, 2.45) is 0 Å². The first-order valence-corrected chi connectivity index (χ1v) is 6.90. The molecule has 2 rings (SSSR count). The first-order chi connectivity index (χ1) is 9.29. The Balaban J connectivity index is 1.81. The molecule has 4 nitrogen and oxygen atoms in total. The van der Waals surface area contributed by atoms with E-state index in [-0.39, 0.29) is 12.0 Å². The predicted molar refractivity (Wildman–Crippen MR) is 73.1 cm³/mol. The van der Waals surface area contributed by atoms with Gasteiger partial charge >= 0.3 is 0 Å². The standard InChI is InChI=1S/C15H21NO3/c1-2-14(19-12-7-4-3-5-8-12)15(17)16-11-13-9-6-10-18-13/h3-5,7-8,13-14H,2,6,9-11H2,1H3,(H,16,17)/t13-,14+/m1/s1. The molecule has 1 aromatic rings. The fourth-order valence-corrected chi connectivity index (χ4v) is 2.12. The zero-order chi connectivity index (χ0) is 13.5. The van der Waals surface area contributed by atoms with E-state index in [0.29, 0.717) is 13.0 Å². The van der Waals surface area contributed by atoms with Crippen molar-refractivity contribution >= 4 is 5.91 Å². The summed E-state index contributed by atoms with van der Waals surface area (Å²) in [6.45, 7) is 3.32. The minimum absolute atomic E-state index is 0.0677. The van der Waals surface area contributed by atoms with Crippen LogP contribution in [0.3, 0.4) is 0 Å². The minimum atomic E-state index is -0.441. The van der Waals surface area contributed by atoms with Crippen molar-refractivity contribution in [2.75, 3.05) is 13.2 Å². The normalized spacial score (nSPS) is 19.9. The Kier molecular flexibility index (Phi) is 5.21. The van der Waals surface area contributed by atoms with Gasteiger partial charge in [0, 0.05) is 13.2 Å². The number of para-hydroxylation sites is 1. The van der Waals surface area contributed by atoms with Gasteiger partial charge in [0.1, 0.15) is 5.75 Å². The number of hydrogen-bond acceptors (Lipinski definition) is 3. The molecule has 1 N–H and O–H groups in total. The number of carbonyl (C=O) groups excluding carboxylic acids is 1. The van der Waals surface area contributed by atoms with Crippen LogP contribution >= 0.6 is 0 Å². The van der Waals surface area contributed by atoms with Gasteiger partial charge in [-0.3, -0.25) is 4.79 Å². The van der Waals surface area contributed by atoms with Gasteiger partial charge in [0.25, 0.3) is 5.91 Å². The molecular formula is C15H21NO3. The lowest BCUT2D eigenvalue weighted by atomic mass is 10.2. The van der Waals surface area contributed by atoms with Crippen LogP contribution < -0.4 is 10.1 Å². The molecule has 1 aromatic carbocycles. The van der Waals surface area contributed by atoms with E-state index in [1.165, 1.54) is 0 Å². The monoisotopic (exact) mass is 263 g/mol. The highest BCUT2D eigenvalue weighted by molar-refractivity contribution is 5.81. The van der Waals surface area contributed by atoms with Gasteiger partial charge in [-0.05, 0) is 31.4 Å². The first kappa shape index (κ1) is 13.9. The Bertz CT molecular complexity index is 388. The summed E-state index contributed by atoms with van der Waals surface area (Å²) in [5, 5.41) is 2.91. The molecule has 0 bridgehead atoms. The molecule has 4 heteroatoms. The van der Waals surface area contributed by atoms with E-state index in [4.69, 9.17) is 9.47 Å². The van der Waals surface area contributed by atoms with Gasteiger partial charge in [-0.25, -0.2) is 0 Å². The van der Waals surface area contributed by atoms with Crippen molar-refractivity contribution in [1.82, 2.24) is 5.32 Å². The lowest BCUT2D eigenvalue weighted by Crippen LogP contribution is -2.41. The van der Waals surface area contributed by atoms with Gasteiger partial charge in [-0.15, -0.1) is 0 Å². The minimum Gasteiger partial charge on any atom is -0.481 e. The number of rotatable bonds is 6. The number of carbonyl (C=O) groups is 1. The molecule has 1 fully saturated rings. The first-order valence-electron chi connectivity index (χ1n) is 6.90. The molecule has 1 heterocycles. The maximum atomic E-state index is 12.0. The van der Waals surface area contributed by atoms with Gasteiger partial charge in [0.05, 0.1) is 6.10 Å². The zero-order valence-electron chi connectivity index (χ0n) is 11.3. The van der Waals surface area contributed by atoms with Crippen LogP contribution in [0.1, 0.15) is 26.2 Å². The summed E-state index contributed by atoms with van der Waals surface area (Å²) in [4.78, 5) is 12.0. The van der Waals surface area contributed by atoms with Crippen LogP contribution in [-0.4, -0.2) is 31.3 Å². The van der Waals surface area contributed by atoms with Crippen molar-refractivity contribution in [2.45, 2.75) is 38.4 Å². The molecule has 0 saturated carbocycles. The quantitative estimate of drug-likeness (QED) is 0.855. The third-order valence-corrected chi connectivity index (χ3v) is 3.21. The molecule has 0 radical (unpaired) electrons. The molecule has 1 amide bonds. The summed E-state index contributed by atoms with van der Waals surface area (Å²) in [6.07, 6.45) is 2.48. The molecular weight excluding hydrogens is 242 g/mol. The fraction of sp³-hybridized carbons (Fsp3) is 0.533. The second-order valence-electron chi connectivity index (χ2n) is 4.71. The summed E-state index contributed by atoms with van der Waals surface area (Å²) in [5.41, 5.74) is 0. The molecule has 1 saturated heterocycles. The molecule has 0 spiro atoms. The predicted octanol–water partition coefficient (Wildman–Crippen LogP) is 2.14. The Morgan fingerprint density at radius 3 is 2.89 bits per heavy atom.